The number of carbonyl (C=O) groups is 1. The van der Waals surface area contributed by atoms with Gasteiger partial charge < -0.3 is 30.4 Å². The summed E-state index contributed by atoms with van der Waals surface area (Å²) in [5.41, 5.74) is 12.5. The van der Waals surface area contributed by atoms with Crippen LogP contribution in [0.4, 0.5) is 0 Å². The van der Waals surface area contributed by atoms with E-state index in [1.165, 1.54) is 7.11 Å². The third-order valence-electron chi connectivity index (χ3n) is 7.09. The molecule has 1 spiro atoms. The van der Waals surface area contributed by atoms with Gasteiger partial charge in [0.05, 0.1) is 25.4 Å². The molecule has 206 valence electrons. The largest absolute Gasteiger partial charge is 0.469 e. The number of carbonyl (C=O) groups excluding carboxylic acids is 1. The summed E-state index contributed by atoms with van der Waals surface area (Å²) in [6.07, 6.45) is 1.51. The predicted octanol–water partition coefficient (Wildman–Crippen LogP) is 0.507. The van der Waals surface area contributed by atoms with E-state index >= 15 is 0 Å². The fraction of sp³-hybridized carbons (Fsp3) is 0.600. The maximum atomic E-state index is 13.3. The van der Waals surface area contributed by atoms with E-state index < -0.39 is 47.8 Å². The van der Waals surface area contributed by atoms with Crippen molar-refractivity contribution >= 4 is 11.9 Å². The number of hydroxylamine groups is 2. The molecular weight excluding hydrogens is 494 g/mol. The molecule has 4 heterocycles. The number of guanidine groups is 1. The lowest BCUT2D eigenvalue weighted by Crippen LogP contribution is -2.51. The lowest BCUT2D eigenvalue weighted by Gasteiger charge is -2.33. The molecule has 0 unspecified atom stereocenters. The van der Waals surface area contributed by atoms with Crippen molar-refractivity contribution in [3.8, 4) is 0 Å². The molecule has 13 heteroatoms. The van der Waals surface area contributed by atoms with E-state index in [0.29, 0.717) is 19.5 Å². The standard InChI is InChI=1S/C25H35N7O6/c1-24(2)36-20-17(14-32-13-16(29-30-32)11-8-12-28-23(26)27)35-25(21(20)37-24)18(22(33)34-4)19(31(3)38-25)15-9-6-5-7-10-15/h5-7,9-10,13,17-21H,8,11-12,14H2,1-4H3,(H4,26,27,28)/t17-,18-,19+,20-,21-,25+/m1/s1. The number of hydrogen-bond acceptors (Lipinski definition) is 10. The first-order chi connectivity index (χ1) is 18.1. The maximum absolute atomic E-state index is 13.3. The molecule has 2 aromatic rings. The minimum absolute atomic E-state index is 0.0664. The van der Waals surface area contributed by atoms with Crippen molar-refractivity contribution in [1.29, 1.82) is 0 Å². The third-order valence-corrected chi connectivity index (χ3v) is 7.09. The van der Waals surface area contributed by atoms with E-state index in [4.69, 9.17) is 35.3 Å². The predicted molar refractivity (Wildman–Crippen MR) is 134 cm³/mol. The summed E-state index contributed by atoms with van der Waals surface area (Å²) in [5, 5.41) is 10.2. The highest BCUT2D eigenvalue weighted by Crippen LogP contribution is 2.56. The summed E-state index contributed by atoms with van der Waals surface area (Å²) in [6.45, 7) is 4.50. The molecule has 0 radical (unpaired) electrons. The summed E-state index contributed by atoms with van der Waals surface area (Å²) in [5.74, 6) is -3.60. The van der Waals surface area contributed by atoms with Gasteiger partial charge in [0.2, 0.25) is 5.79 Å². The Labute approximate surface area is 220 Å². The monoisotopic (exact) mass is 529 g/mol. The molecule has 4 N–H and O–H groups in total. The topological polar surface area (TPSA) is 162 Å². The van der Waals surface area contributed by atoms with Crippen molar-refractivity contribution in [2.24, 2.45) is 22.4 Å². The van der Waals surface area contributed by atoms with Crippen LogP contribution >= 0.6 is 0 Å². The summed E-state index contributed by atoms with van der Waals surface area (Å²) >= 11 is 0. The highest BCUT2D eigenvalue weighted by atomic mass is 16.9. The number of ether oxygens (including phenoxy) is 4. The Balaban J connectivity index is 1.42. The van der Waals surface area contributed by atoms with Crippen molar-refractivity contribution in [2.75, 3.05) is 20.7 Å². The number of nitrogens with zero attached hydrogens (tertiary/aromatic N) is 5. The number of aromatic nitrogens is 3. The van der Waals surface area contributed by atoms with Gasteiger partial charge in [0, 0.05) is 19.8 Å². The summed E-state index contributed by atoms with van der Waals surface area (Å²) in [6, 6.07) is 9.19. The fourth-order valence-electron chi connectivity index (χ4n) is 5.64. The van der Waals surface area contributed by atoms with Gasteiger partial charge in [0.25, 0.3) is 0 Å². The van der Waals surface area contributed by atoms with Crippen LogP contribution < -0.4 is 11.5 Å². The summed E-state index contributed by atoms with van der Waals surface area (Å²) < 4.78 is 26.2. The Morgan fingerprint density at radius 3 is 2.66 bits per heavy atom. The molecule has 0 amide bonds. The number of hydrogen-bond donors (Lipinski definition) is 2. The Hall–Kier alpha value is -3.10. The number of benzene rings is 1. The average Bonchev–Trinajstić information content (AvgIpc) is 3.60. The van der Waals surface area contributed by atoms with Crippen molar-refractivity contribution in [3.05, 3.63) is 47.8 Å². The first kappa shape index (κ1) is 26.5. The van der Waals surface area contributed by atoms with Gasteiger partial charge in [-0.3, -0.25) is 14.6 Å². The molecule has 0 aliphatic carbocycles. The number of methoxy groups -OCH3 is 1. The quantitative estimate of drug-likeness (QED) is 0.212. The van der Waals surface area contributed by atoms with E-state index in [1.807, 2.05) is 50.4 Å². The van der Waals surface area contributed by atoms with Gasteiger partial charge in [-0.05, 0) is 32.3 Å². The van der Waals surface area contributed by atoms with Gasteiger partial charge in [0.15, 0.2) is 11.7 Å². The second kappa shape index (κ2) is 10.2. The number of aryl methyl sites for hydroxylation is 1. The van der Waals surface area contributed by atoms with Crippen LogP contribution in [0.2, 0.25) is 0 Å². The molecule has 0 saturated carbocycles. The number of aliphatic imine (C=N–C) groups is 1. The summed E-state index contributed by atoms with van der Waals surface area (Å²) in [7, 11) is 3.14. The smallest absolute Gasteiger partial charge is 0.316 e. The number of nitrogens with two attached hydrogens (primary N) is 2. The molecule has 3 aliphatic heterocycles. The fourth-order valence-corrected chi connectivity index (χ4v) is 5.64. The second-order valence-corrected chi connectivity index (χ2v) is 10.2. The number of fused-ring (bicyclic) bond motifs is 2. The van der Waals surface area contributed by atoms with Crippen LogP contribution in [0.1, 0.15) is 37.6 Å². The zero-order chi connectivity index (χ0) is 27.1. The molecule has 3 fully saturated rings. The number of rotatable bonds is 8. The zero-order valence-electron chi connectivity index (χ0n) is 22.0. The van der Waals surface area contributed by atoms with Crippen LogP contribution in [0.5, 0.6) is 0 Å². The molecule has 1 aromatic heterocycles. The highest BCUT2D eigenvalue weighted by molar-refractivity contribution is 5.76. The van der Waals surface area contributed by atoms with Gasteiger partial charge in [-0.25, -0.2) is 4.68 Å². The molecule has 13 nitrogen and oxygen atoms in total. The van der Waals surface area contributed by atoms with Crippen LogP contribution in [0, 0.1) is 5.92 Å². The van der Waals surface area contributed by atoms with E-state index in [9.17, 15) is 4.79 Å². The van der Waals surface area contributed by atoms with Crippen LogP contribution in [-0.4, -0.2) is 82.6 Å². The first-order valence-electron chi connectivity index (χ1n) is 12.7. The Morgan fingerprint density at radius 2 is 1.95 bits per heavy atom. The van der Waals surface area contributed by atoms with Crippen molar-refractivity contribution in [1.82, 2.24) is 20.1 Å². The molecule has 3 aliphatic rings. The van der Waals surface area contributed by atoms with Gasteiger partial charge >= 0.3 is 5.97 Å². The molecular formula is C25H35N7O6. The molecule has 6 atom stereocenters. The SMILES string of the molecule is COC(=O)[C@H]1[C@H](c2ccccc2)N(C)O[C@@]12O[C@H](Cn1cc(CCCN=C(N)N)nn1)[C@H]1OC(C)(C)O[C@H]12. The van der Waals surface area contributed by atoms with Gasteiger partial charge in [-0.1, -0.05) is 35.5 Å². The van der Waals surface area contributed by atoms with Crippen LogP contribution in [0.3, 0.4) is 0 Å². The van der Waals surface area contributed by atoms with Crippen LogP contribution in [-0.2, 0) is 41.5 Å². The van der Waals surface area contributed by atoms with E-state index in [2.05, 4.69) is 15.3 Å². The summed E-state index contributed by atoms with van der Waals surface area (Å²) in [4.78, 5) is 23.7. The van der Waals surface area contributed by atoms with E-state index in [1.54, 1.807) is 16.8 Å². The van der Waals surface area contributed by atoms with E-state index in [-0.39, 0.29) is 5.96 Å². The first-order valence-corrected chi connectivity index (χ1v) is 12.7. The lowest BCUT2D eigenvalue weighted by molar-refractivity contribution is -0.338. The van der Waals surface area contributed by atoms with E-state index in [0.717, 1.165) is 17.7 Å². The Bertz CT molecular complexity index is 1170. The molecule has 5 rings (SSSR count). The van der Waals surface area contributed by atoms with Crippen molar-refractivity contribution < 1.29 is 28.6 Å². The molecule has 38 heavy (non-hydrogen) atoms. The van der Waals surface area contributed by atoms with Crippen molar-refractivity contribution in [2.45, 2.75) is 69.2 Å². The minimum Gasteiger partial charge on any atom is -0.469 e. The van der Waals surface area contributed by atoms with Gasteiger partial charge in [-0.15, -0.1) is 5.10 Å². The molecule has 1 aromatic carbocycles. The molecule has 0 bridgehead atoms. The average molecular weight is 530 g/mol. The highest BCUT2D eigenvalue weighted by Gasteiger charge is 2.73. The van der Waals surface area contributed by atoms with Crippen LogP contribution in [0.25, 0.3) is 0 Å². The minimum atomic E-state index is -1.46. The lowest BCUT2D eigenvalue weighted by atomic mass is 9.84. The zero-order valence-corrected chi connectivity index (χ0v) is 22.0. The number of esters is 1. The van der Waals surface area contributed by atoms with Gasteiger partial charge in [-0.2, -0.15) is 5.06 Å². The van der Waals surface area contributed by atoms with Gasteiger partial charge in [0.1, 0.15) is 24.2 Å². The van der Waals surface area contributed by atoms with Crippen LogP contribution in [0.15, 0.2) is 41.5 Å². The third kappa shape index (κ3) is 4.87. The molecule has 3 saturated heterocycles. The normalized spacial score (nSPS) is 31.9. The second-order valence-electron chi connectivity index (χ2n) is 10.2. The Morgan fingerprint density at radius 1 is 1.18 bits per heavy atom. The Kier molecular flexibility index (Phi) is 7.13. The maximum Gasteiger partial charge on any atom is 0.316 e. The van der Waals surface area contributed by atoms with Crippen molar-refractivity contribution in [3.63, 3.8) is 0 Å².